The summed E-state index contributed by atoms with van der Waals surface area (Å²) in [6, 6.07) is 3.21. The number of benzene rings is 1. The summed E-state index contributed by atoms with van der Waals surface area (Å²) in [5, 5.41) is 20.3. The molecule has 0 saturated carbocycles. The maximum absolute atomic E-state index is 11.5. The summed E-state index contributed by atoms with van der Waals surface area (Å²) in [4.78, 5) is 23.0. The normalized spacial score (nSPS) is 12.3. The van der Waals surface area contributed by atoms with Crippen LogP contribution in [-0.4, -0.2) is 38.3 Å². The predicted molar refractivity (Wildman–Crippen MR) is 86.3 cm³/mol. The SMILES string of the molecule is C[Si](C)(C)c1cc(C(=O)O)c([Si](C)(C)C)cc1C(=O)O. The van der Waals surface area contributed by atoms with E-state index >= 15 is 0 Å². The number of carboxylic acid groups (broad SMARTS) is 2. The fourth-order valence-corrected chi connectivity index (χ4v) is 5.32. The molecule has 1 rings (SSSR count). The molecule has 20 heavy (non-hydrogen) atoms. The lowest BCUT2D eigenvalue weighted by atomic mass is 10.1. The second-order valence-corrected chi connectivity index (χ2v) is 17.1. The van der Waals surface area contributed by atoms with E-state index in [2.05, 4.69) is 0 Å². The highest BCUT2D eigenvalue weighted by Gasteiger charge is 2.30. The van der Waals surface area contributed by atoms with Crippen LogP contribution in [0.5, 0.6) is 0 Å². The van der Waals surface area contributed by atoms with Gasteiger partial charge in [0.05, 0.1) is 27.3 Å². The van der Waals surface area contributed by atoms with Gasteiger partial charge in [-0.1, -0.05) is 39.3 Å². The minimum Gasteiger partial charge on any atom is -0.478 e. The first-order valence-electron chi connectivity index (χ1n) is 6.51. The van der Waals surface area contributed by atoms with E-state index < -0.39 is 28.1 Å². The maximum atomic E-state index is 11.5. The largest absolute Gasteiger partial charge is 0.478 e. The van der Waals surface area contributed by atoms with Crippen LogP contribution in [-0.2, 0) is 0 Å². The molecule has 0 amide bonds. The Labute approximate surface area is 121 Å². The van der Waals surface area contributed by atoms with Gasteiger partial charge in [-0.05, 0) is 22.5 Å². The fraction of sp³-hybridized carbons (Fsp3) is 0.429. The van der Waals surface area contributed by atoms with Gasteiger partial charge in [-0.25, -0.2) is 9.59 Å². The number of hydrogen-bond donors (Lipinski definition) is 2. The number of carbonyl (C=O) groups is 2. The summed E-state index contributed by atoms with van der Waals surface area (Å²) >= 11 is 0. The Hall–Kier alpha value is -1.41. The minimum absolute atomic E-state index is 0.270. The first-order valence-corrected chi connectivity index (χ1v) is 13.5. The lowest BCUT2D eigenvalue weighted by Crippen LogP contribution is -2.48. The number of hydrogen-bond acceptors (Lipinski definition) is 2. The van der Waals surface area contributed by atoms with Crippen molar-refractivity contribution in [3.05, 3.63) is 23.3 Å². The Morgan fingerprint density at radius 2 is 1.00 bits per heavy atom. The Kier molecular flexibility index (Phi) is 4.31. The quantitative estimate of drug-likeness (QED) is 0.836. The van der Waals surface area contributed by atoms with E-state index in [-0.39, 0.29) is 11.1 Å². The van der Waals surface area contributed by atoms with Gasteiger partial charge >= 0.3 is 11.9 Å². The van der Waals surface area contributed by atoms with E-state index in [1.807, 2.05) is 39.3 Å². The van der Waals surface area contributed by atoms with Gasteiger partial charge < -0.3 is 10.2 Å². The summed E-state index contributed by atoms with van der Waals surface area (Å²) in [5.74, 6) is -1.95. The molecule has 0 unspecified atom stereocenters. The average Bonchev–Trinajstić information content (AvgIpc) is 2.24. The summed E-state index contributed by atoms with van der Waals surface area (Å²) in [6.07, 6.45) is 0. The molecule has 0 aliphatic carbocycles. The van der Waals surface area contributed by atoms with Crippen LogP contribution in [0.3, 0.4) is 0 Å². The van der Waals surface area contributed by atoms with Crippen molar-refractivity contribution in [2.24, 2.45) is 0 Å². The van der Waals surface area contributed by atoms with Crippen LogP contribution in [0.25, 0.3) is 0 Å². The predicted octanol–water partition coefficient (Wildman–Crippen LogP) is 2.17. The molecule has 0 radical (unpaired) electrons. The van der Waals surface area contributed by atoms with E-state index in [0.717, 1.165) is 0 Å². The molecule has 0 aliphatic rings. The topological polar surface area (TPSA) is 74.6 Å². The minimum atomic E-state index is -1.93. The summed E-state index contributed by atoms with van der Waals surface area (Å²) < 4.78 is 0. The van der Waals surface area contributed by atoms with Gasteiger partial charge in [-0.3, -0.25) is 0 Å². The molecule has 0 aromatic heterocycles. The third-order valence-electron chi connectivity index (χ3n) is 3.23. The molecular formula is C14H22O4Si2. The Balaban J connectivity index is 3.79. The molecule has 0 atom stereocenters. The average molecular weight is 310 g/mol. The molecular weight excluding hydrogens is 288 g/mol. The van der Waals surface area contributed by atoms with Gasteiger partial charge in [-0.2, -0.15) is 0 Å². The molecule has 0 aliphatic heterocycles. The Bertz CT molecular complexity index is 514. The van der Waals surface area contributed by atoms with Crippen LogP contribution in [0.4, 0.5) is 0 Å². The molecule has 0 bridgehead atoms. The maximum Gasteiger partial charge on any atom is 0.335 e. The van der Waals surface area contributed by atoms with Crippen molar-refractivity contribution in [2.45, 2.75) is 39.3 Å². The van der Waals surface area contributed by atoms with Crippen LogP contribution in [0.15, 0.2) is 12.1 Å². The van der Waals surface area contributed by atoms with Gasteiger partial charge in [0.25, 0.3) is 0 Å². The number of aromatic carboxylic acids is 2. The van der Waals surface area contributed by atoms with Crippen LogP contribution in [0.1, 0.15) is 20.7 Å². The summed E-state index contributed by atoms with van der Waals surface area (Å²) in [6.45, 7) is 12.1. The van der Waals surface area contributed by atoms with Crippen molar-refractivity contribution in [1.82, 2.24) is 0 Å². The van der Waals surface area contributed by atoms with Gasteiger partial charge in [0.2, 0.25) is 0 Å². The standard InChI is InChI=1S/C14H22O4Si2/c1-19(2,3)11-7-10(14(17)18)12(20(4,5)6)8-9(11)13(15)16/h7-8H,1-6H3,(H,15,16)(H,17,18). The molecule has 0 saturated heterocycles. The summed E-state index contributed by atoms with van der Waals surface area (Å²) in [7, 11) is -3.86. The molecule has 2 N–H and O–H groups in total. The molecule has 6 heteroatoms. The third-order valence-corrected chi connectivity index (χ3v) is 7.29. The first kappa shape index (κ1) is 16.6. The molecule has 110 valence electrons. The summed E-state index contributed by atoms with van der Waals surface area (Å²) in [5.41, 5.74) is 0.540. The smallest absolute Gasteiger partial charge is 0.335 e. The number of rotatable bonds is 4. The van der Waals surface area contributed by atoms with Gasteiger partial charge in [0.15, 0.2) is 0 Å². The van der Waals surface area contributed by atoms with Crippen molar-refractivity contribution < 1.29 is 19.8 Å². The highest BCUT2D eigenvalue weighted by Crippen LogP contribution is 2.13. The molecule has 1 aromatic rings. The van der Waals surface area contributed by atoms with Gasteiger partial charge in [-0.15, -0.1) is 0 Å². The van der Waals surface area contributed by atoms with Gasteiger partial charge in [0.1, 0.15) is 0 Å². The van der Waals surface area contributed by atoms with E-state index in [4.69, 9.17) is 0 Å². The van der Waals surface area contributed by atoms with Crippen molar-refractivity contribution >= 4 is 38.5 Å². The van der Waals surface area contributed by atoms with Gasteiger partial charge in [0, 0.05) is 0 Å². The van der Waals surface area contributed by atoms with Crippen LogP contribution in [0, 0.1) is 0 Å². The monoisotopic (exact) mass is 310 g/mol. The van der Waals surface area contributed by atoms with Crippen LogP contribution in [0.2, 0.25) is 39.3 Å². The van der Waals surface area contributed by atoms with Crippen molar-refractivity contribution in [1.29, 1.82) is 0 Å². The Morgan fingerprint density at radius 3 is 1.15 bits per heavy atom. The van der Waals surface area contributed by atoms with Crippen molar-refractivity contribution in [3.63, 3.8) is 0 Å². The van der Waals surface area contributed by atoms with E-state index in [1.54, 1.807) is 12.1 Å². The molecule has 1 aromatic carbocycles. The zero-order chi connectivity index (χ0) is 15.9. The fourth-order valence-electron chi connectivity index (χ4n) is 2.19. The highest BCUT2D eigenvalue weighted by atomic mass is 28.3. The second kappa shape index (κ2) is 5.18. The molecule has 4 nitrogen and oxygen atoms in total. The highest BCUT2D eigenvalue weighted by molar-refractivity contribution is 6.91. The van der Waals surface area contributed by atoms with Crippen LogP contribution >= 0.6 is 0 Å². The van der Waals surface area contributed by atoms with Crippen LogP contribution < -0.4 is 10.4 Å². The van der Waals surface area contributed by atoms with E-state index in [9.17, 15) is 19.8 Å². The van der Waals surface area contributed by atoms with E-state index in [0.29, 0.717) is 10.4 Å². The van der Waals surface area contributed by atoms with E-state index in [1.165, 1.54) is 0 Å². The zero-order valence-electron chi connectivity index (χ0n) is 12.9. The molecule has 0 spiro atoms. The second-order valence-electron chi connectivity index (χ2n) is 7.05. The zero-order valence-corrected chi connectivity index (χ0v) is 14.9. The lowest BCUT2D eigenvalue weighted by Gasteiger charge is -2.25. The Morgan fingerprint density at radius 1 is 0.750 bits per heavy atom. The number of carboxylic acids is 2. The molecule has 0 fully saturated rings. The molecule has 0 heterocycles. The van der Waals surface area contributed by atoms with Crippen molar-refractivity contribution in [2.75, 3.05) is 0 Å². The van der Waals surface area contributed by atoms with Crippen molar-refractivity contribution in [3.8, 4) is 0 Å². The first-order chi connectivity index (χ1) is 8.85. The third kappa shape index (κ3) is 3.37. The lowest BCUT2D eigenvalue weighted by molar-refractivity contribution is 0.0683.